The third-order valence-corrected chi connectivity index (χ3v) is 7.09. The molecule has 11 nitrogen and oxygen atoms in total. The van der Waals surface area contributed by atoms with E-state index in [4.69, 9.17) is 32.8 Å². The van der Waals surface area contributed by atoms with Crippen LogP contribution < -0.4 is 21.3 Å². The number of ether oxygens (including phenoxy) is 1. The van der Waals surface area contributed by atoms with Gasteiger partial charge in [0.05, 0.1) is 0 Å². The van der Waals surface area contributed by atoms with E-state index in [1.54, 1.807) is 63.2 Å². The number of benzene rings is 2. The molecular weight excluding hydrogens is 599 g/mol. The zero-order valence-corrected chi connectivity index (χ0v) is 24.8. The van der Waals surface area contributed by atoms with E-state index in [-0.39, 0.29) is 24.4 Å². The maximum absolute atomic E-state index is 13.2. The van der Waals surface area contributed by atoms with Gasteiger partial charge in [0.15, 0.2) is 5.78 Å². The second kappa shape index (κ2) is 11.6. The molecule has 2 N–H and O–H groups in total. The maximum atomic E-state index is 13.2. The lowest BCUT2D eigenvalue weighted by atomic mass is 9.99. The summed E-state index contributed by atoms with van der Waals surface area (Å²) in [5.41, 5.74) is 1.09. The molecule has 1 aliphatic carbocycles. The van der Waals surface area contributed by atoms with E-state index >= 15 is 0 Å². The molecule has 0 spiro atoms. The highest BCUT2D eigenvalue weighted by Crippen LogP contribution is 2.36. The Morgan fingerprint density at radius 2 is 1.67 bits per heavy atom. The highest BCUT2D eigenvalue weighted by Gasteiger charge is 2.29. The number of rotatable bonds is 6. The SMILES string of the molecule is CC(C)(C)OC(=O)On1[nH]c(=O)cc1-c1ccc(NC(=O)Cn2c3c(c(-c4cc(Cl)ccc4Cl)cc2=O)C(=O)CC3)cc1. The van der Waals surface area contributed by atoms with Gasteiger partial charge in [-0.25, -0.2) is 9.89 Å². The summed E-state index contributed by atoms with van der Waals surface area (Å²) in [6.07, 6.45) is -0.493. The first kappa shape index (κ1) is 29.9. The average Bonchev–Trinajstić information content (AvgIpc) is 3.48. The van der Waals surface area contributed by atoms with Crippen molar-refractivity contribution in [1.82, 2.24) is 14.5 Å². The summed E-state index contributed by atoms with van der Waals surface area (Å²) in [7, 11) is 0. The van der Waals surface area contributed by atoms with Crippen LogP contribution in [0.4, 0.5) is 10.5 Å². The number of pyridine rings is 1. The van der Waals surface area contributed by atoms with Crippen molar-refractivity contribution in [2.24, 2.45) is 0 Å². The standard InChI is InChI=1S/C30H26Cl2N4O7/c1-30(2,3)42-29(41)43-36-23(14-25(38)34-36)16-4-7-18(8-5-16)33-26(39)15-35-22-10-11-24(37)28(22)20(13-27(35)40)19-12-17(31)6-9-21(19)32/h4-9,12-14H,10-11,15H2,1-3H3,(H,33,39)(H,34,38). The number of nitrogens with zero attached hydrogens (tertiary/aromatic N) is 2. The van der Waals surface area contributed by atoms with Crippen LogP contribution in [-0.2, 0) is 22.5 Å². The maximum Gasteiger partial charge on any atom is 0.535 e. The van der Waals surface area contributed by atoms with E-state index in [1.807, 2.05) is 0 Å². The summed E-state index contributed by atoms with van der Waals surface area (Å²) in [5, 5.41) is 5.87. The second-order valence-corrected chi connectivity index (χ2v) is 11.7. The Labute approximate surface area is 254 Å². The molecule has 4 aromatic rings. The molecule has 0 saturated carbocycles. The topological polar surface area (TPSA) is 141 Å². The molecule has 0 bridgehead atoms. The van der Waals surface area contributed by atoms with Gasteiger partial charge in [-0.3, -0.25) is 24.0 Å². The van der Waals surface area contributed by atoms with E-state index in [9.17, 15) is 24.0 Å². The van der Waals surface area contributed by atoms with Crippen molar-refractivity contribution in [3.05, 3.63) is 96.6 Å². The molecule has 0 atom stereocenters. The van der Waals surface area contributed by atoms with Crippen molar-refractivity contribution in [3.63, 3.8) is 0 Å². The fraction of sp³-hybridized carbons (Fsp3) is 0.233. The number of fused-ring (bicyclic) bond motifs is 1. The first-order valence-electron chi connectivity index (χ1n) is 13.2. The Bertz CT molecular complexity index is 1880. The number of H-pyrrole nitrogens is 1. The van der Waals surface area contributed by atoms with Gasteiger partial charge in [0.1, 0.15) is 17.8 Å². The minimum atomic E-state index is -1.00. The van der Waals surface area contributed by atoms with Crippen LogP contribution >= 0.6 is 23.2 Å². The minimum absolute atomic E-state index is 0.148. The number of amides is 1. The Morgan fingerprint density at radius 1 is 0.953 bits per heavy atom. The molecule has 0 fully saturated rings. The Balaban J connectivity index is 1.35. The van der Waals surface area contributed by atoms with Gasteiger partial charge in [-0.05, 0) is 57.5 Å². The van der Waals surface area contributed by atoms with Crippen LogP contribution in [0.5, 0.6) is 0 Å². The fourth-order valence-corrected chi connectivity index (χ4v) is 5.17. The molecule has 13 heteroatoms. The van der Waals surface area contributed by atoms with Crippen molar-refractivity contribution < 1.29 is 24.0 Å². The number of ketones is 1. The number of hydrogen-bond acceptors (Lipinski definition) is 7. The number of halogens is 2. The highest BCUT2D eigenvalue weighted by molar-refractivity contribution is 6.35. The largest absolute Gasteiger partial charge is 0.535 e. The smallest absolute Gasteiger partial charge is 0.427 e. The van der Waals surface area contributed by atoms with Gasteiger partial charge in [0, 0.05) is 62.2 Å². The minimum Gasteiger partial charge on any atom is -0.427 e. The van der Waals surface area contributed by atoms with Gasteiger partial charge in [-0.2, -0.15) is 0 Å². The Hall–Kier alpha value is -4.61. The van der Waals surface area contributed by atoms with E-state index in [1.165, 1.54) is 16.7 Å². The van der Waals surface area contributed by atoms with Gasteiger partial charge < -0.3 is 14.6 Å². The third kappa shape index (κ3) is 6.58. The van der Waals surface area contributed by atoms with Crippen molar-refractivity contribution in [2.75, 3.05) is 5.32 Å². The molecule has 0 radical (unpaired) electrons. The van der Waals surface area contributed by atoms with Crippen LogP contribution in [0.1, 0.15) is 43.2 Å². The van der Waals surface area contributed by atoms with Crippen molar-refractivity contribution >= 4 is 46.7 Å². The van der Waals surface area contributed by atoms with Gasteiger partial charge in [-0.15, -0.1) is 4.85 Å². The molecule has 1 amide bonds. The third-order valence-electron chi connectivity index (χ3n) is 6.52. The lowest BCUT2D eigenvalue weighted by Gasteiger charge is -2.18. The predicted molar refractivity (Wildman–Crippen MR) is 161 cm³/mol. The first-order chi connectivity index (χ1) is 20.3. The Kier molecular flexibility index (Phi) is 8.04. The van der Waals surface area contributed by atoms with E-state index in [0.29, 0.717) is 50.1 Å². The molecule has 1 aliphatic rings. The lowest BCUT2D eigenvalue weighted by Crippen LogP contribution is -2.31. The van der Waals surface area contributed by atoms with Gasteiger partial charge in [0.25, 0.3) is 11.1 Å². The normalized spacial score (nSPS) is 12.6. The quantitative estimate of drug-likeness (QED) is 0.284. The van der Waals surface area contributed by atoms with Crippen molar-refractivity contribution in [2.45, 2.75) is 45.8 Å². The summed E-state index contributed by atoms with van der Waals surface area (Å²) < 4.78 is 6.42. The highest BCUT2D eigenvalue weighted by atomic mass is 35.5. The second-order valence-electron chi connectivity index (χ2n) is 10.8. The fourth-order valence-electron chi connectivity index (χ4n) is 4.77. The summed E-state index contributed by atoms with van der Waals surface area (Å²) in [5.74, 6) is -0.638. The number of aromatic amines is 1. The number of carbonyl (C=O) groups excluding carboxylic acids is 3. The summed E-state index contributed by atoms with van der Waals surface area (Å²) >= 11 is 12.5. The predicted octanol–water partition coefficient (Wildman–Crippen LogP) is 5.11. The molecule has 222 valence electrons. The van der Waals surface area contributed by atoms with E-state index in [0.717, 1.165) is 4.85 Å². The number of carbonyl (C=O) groups is 3. The zero-order valence-electron chi connectivity index (χ0n) is 23.3. The van der Waals surface area contributed by atoms with Crippen LogP contribution in [0.25, 0.3) is 22.4 Å². The number of hydrogen-bond donors (Lipinski definition) is 2. The van der Waals surface area contributed by atoms with Crippen LogP contribution in [0, 0.1) is 0 Å². The molecule has 2 aromatic heterocycles. The lowest BCUT2D eigenvalue weighted by molar-refractivity contribution is -0.116. The molecular formula is C30H26Cl2N4O7. The van der Waals surface area contributed by atoms with Crippen LogP contribution in [-0.4, -0.2) is 38.0 Å². The van der Waals surface area contributed by atoms with Crippen LogP contribution in [0.15, 0.2) is 64.2 Å². The molecule has 0 unspecified atom stereocenters. The molecule has 0 aliphatic heterocycles. The monoisotopic (exact) mass is 624 g/mol. The van der Waals surface area contributed by atoms with Crippen LogP contribution in [0.3, 0.4) is 0 Å². The molecule has 5 rings (SSSR count). The zero-order chi connectivity index (χ0) is 31.1. The van der Waals surface area contributed by atoms with Gasteiger partial charge >= 0.3 is 6.16 Å². The number of aromatic nitrogens is 3. The van der Waals surface area contributed by atoms with Gasteiger partial charge in [0.2, 0.25) is 5.91 Å². The molecule has 43 heavy (non-hydrogen) atoms. The summed E-state index contributed by atoms with van der Waals surface area (Å²) in [4.78, 5) is 69.1. The summed E-state index contributed by atoms with van der Waals surface area (Å²) in [6, 6.07) is 13.7. The van der Waals surface area contributed by atoms with E-state index < -0.39 is 28.8 Å². The number of anilines is 1. The summed E-state index contributed by atoms with van der Waals surface area (Å²) in [6.45, 7) is 4.71. The van der Waals surface area contributed by atoms with Gasteiger partial charge in [-0.1, -0.05) is 35.3 Å². The molecule has 2 aromatic carbocycles. The van der Waals surface area contributed by atoms with E-state index in [2.05, 4.69) is 10.4 Å². The van der Waals surface area contributed by atoms with Crippen molar-refractivity contribution in [1.29, 1.82) is 0 Å². The number of nitrogens with one attached hydrogen (secondary N) is 2. The van der Waals surface area contributed by atoms with Crippen molar-refractivity contribution in [3.8, 4) is 22.4 Å². The van der Waals surface area contributed by atoms with Crippen LogP contribution in [0.2, 0.25) is 10.0 Å². The first-order valence-corrected chi connectivity index (χ1v) is 13.9. The number of Topliss-reactive ketones (excluding diaryl/α,β-unsaturated/α-hetero) is 1. The Morgan fingerprint density at radius 3 is 2.37 bits per heavy atom. The average molecular weight is 625 g/mol. The molecule has 0 saturated heterocycles. The molecule has 2 heterocycles.